The Hall–Kier alpha value is -3.18. The molecule has 3 heterocycles. The molecule has 2 aliphatic heterocycles. The van der Waals surface area contributed by atoms with Crippen molar-refractivity contribution in [1.29, 1.82) is 0 Å². The highest BCUT2D eigenvalue weighted by Crippen LogP contribution is 2.71. The normalized spacial score (nSPS) is 39.1. The number of halogens is 1. The van der Waals surface area contributed by atoms with E-state index < -0.39 is 29.2 Å². The van der Waals surface area contributed by atoms with Gasteiger partial charge in [-0.3, -0.25) is 4.79 Å². The maximum absolute atomic E-state index is 13.9. The van der Waals surface area contributed by atoms with Gasteiger partial charge in [-0.05, 0) is 95.8 Å². The van der Waals surface area contributed by atoms with Crippen molar-refractivity contribution in [1.82, 2.24) is 15.2 Å². The van der Waals surface area contributed by atoms with Crippen LogP contribution >= 0.6 is 0 Å². The van der Waals surface area contributed by atoms with Gasteiger partial charge in [0.15, 0.2) is 0 Å². The van der Waals surface area contributed by atoms with Gasteiger partial charge in [0.2, 0.25) is 5.43 Å². The van der Waals surface area contributed by atoms with Crippen molar-refractivity contribution in [2.24, 2.45) is 28.4 Å². The first-order chi connectivity index (χ1) is 21.6. The molecule has 0 radical (unpaired) electrons. The largest absolute Gasteiger partial charge is 0.477 e. The van der Waals surface area contributed by atoms with E-state index in [1.54, 1.807) is 10.6 Å². The lowest BCUT2D eigenvalue weighted by Crippen LogP contribution is -2.54. The van der Waals surface area contributed by atoms with Gasteiger partial charge >= 0.3 is 12.1 Å². The molecule has 2 aromatic rings. The molecule has 5 N–H and O–H groups in total. The summed E-state index contributed by atoms with van der Waals surface area (Å²) in [5.74, 6) is 0.278. The van der Waals surface area contributed by atoms with Crippen LogP contribution in [0.15, 0.2) is 23.1 Å². The van der Waals surface area contributed by atoms with Crippen molar-refractivity contribution >= 4 is 28.7 Å². The number of nitrogens with two attached hydrogens (primary N) is 1. The molecule has 2 spiro atoms. The maximum atomic E-state index is 13.9. The van der Waals surface area contributed by atoms with E-state index in [-0.39, 0.29) is 28.1 Å². The molecule has 8 atom stereocenters. The maximum Gasteiger partial charge on any atom is 0.408 e. The fourth-order valence-corrected chi connectivity index (χ4v) is 10.2. The van der Waals surface area contributed by atoms with Crippen molar-refractivity contribution in [3.63, 3.8) is 0 Å². The molecule has 0 bridgehead atoms. The highest BCUT2D eigenvalue weighted by molar-refractivity contribution is 5.95. The number of benzene rings is 1. The number of anilines is 1. The summed E-state index contributed by atoms with van der Waals surface area (Å²) in [6.07, 6.45) is 7.52. The summed E-state index contributed by atoms with van der Waals surface area (Å²) < 4.78 is 21.0. The molecule has 7 fully saturated rings. The number of hydrogen-bond acceptors (Lipinski definition) is 7. The first kappa shape index (κ1) is 30.2. The van der Waals surface area contributed by atoms with E-state index in [0.29, 0.717) is 22.7 Å². The summed E-state index contributed by atoms with van der Waals surface area (Å²) in [6, 6.07) is 3.21. The lowest BCUT2D eigenvalue weighted by atomic mass is 9.85. The van der Waals surface area contributed by atoms with Gasteiger partial charge < -0.3 is 35.7 Å². The molecule has 248 valence electrons. The van der Waals surface area contributed by atoms with Gasteiger partial charge in [-0.25, -0.2) is 14.0 Å². The number of carboxylic acid groups (broad SMARTS) is 1. The number of ether oxygens (including phenoxy) is 1. The third-order valence-electron chi connectivity index (χ3n) is 12.8. The summed E-state index contributed by atoms with van der Waals surface area (Å²) >= 11 is 0. The van der Waals surface area contributed by atoms with Crippen LogP contribution in [0.1, 0.15) is 87.7 Å². The number of alkyl halides is 1. The number of alkyl carbamates (subject to hydrolysis) is 1. The number of aromatic carboxylic acids is 1. The molecule has 6 unspecified atom stereocenters. The monoisotopic (exact) mass is 635 g/mol. The number of aromatic nitrogens is 1. The Balaban J connectivity index is 0.000000156. The van der Waals surface area contributed by atoms with Gasteiger partial charge in [0.1, 0.15) is 17.3 Å². The van der Waals surface area contributed by atoms with Crippen LogP contribution < -0.4 is 26.7 Å². The predicted molar refractivity (Wildman–Crippen MR) is 172 cm³/mol. The van der Waals surface area contributed by atoms with E-state index in [9.17, 15) is 23.9 Å². The lowest BCUT2D eigenvalue weighted by molar-refractivity contribution is 0.0432. The van der Waals surface area contributed by atoms with Gasteiger partial charge in [0, 0.05) is 66.2 Å². The quantitative estimate of drug-likeness (QED) is 0.391. The number of nitrogens with one attached hydrogen (secondary N) is 2. The third-order valence-corrected chi connectivity index (χ3v) is 12.8. The van der Waals surface area contributed by atoms with Crippen LogP contribution in [0.4, 0.5) is 14.9 Å². The highest BCUT2D eigenvalue weighted by Gasteiger charge is 2.73. The molecular weight excluding hydrogens is 589 g/mol. The second-order valence-corrected chi connectivity index (χ2v) is 16.5. The number of hydrogen-bond donors (Lipinski definition) is 4. The second kappa shape index (κ2) is 9.46. The summed E-state index contributed by atoms with van der Waals surface area (Å²) in [6.45, 7) is 11.3. The minimum atomic E-state index is -1.28. The van der Waals surface area contributed by atoms with Crippen molar-refractivity contribution < 1.29 is 23.8 Å². The smallest absolute Gasteiger partial charge is 0.408 e. The fourth-order valence-electron chi connectivity index (χ4n) is 10.2. The van der Waals surface area contributed by atoms with Gasteiger partial charge in [0.25, 0.3) is 0 Å². The first-order valence-electron chi connectivity index (χ1n) is 16.9. The Labute approximate surface area is 268 Å². The zero-order valence-electron chi connectivity index (χ0n) is 27.2. The number of amides is 1. The highest BCUT2D eigenvalue weighted by atomic mass is 19.1. The molecule has 7 aliphatic rings. The molecule has 2 saturated heterocycles. The number of carbonyl (C=O) groups excluding carboxylic acids is 1. The van der Waals surface area contributed by atoms with E-state index in [2.05, 4.69) is 15.5 Å². The van der Waals surface area contributed by atoms with Crippen LogP contribution in [0.25, 0.3) is 10.9 Å². The van der Waals surface area contributed by atoms with Crippen LogP contribution in [0, 0.1) is 29.6 Å². The van der Waals surface area contributed by atoms with E-state index in [4.69, 9.17) is 10.5 Å². The van der Waals surface area contributed by atoms with Gasteiger partial charge in [-0.2, -0.15) is 0 Å². The Morgan fingerprint density at radius 3 is 2.43 bits per heavy atom. The van der Waals surface area contributed by atoms with Crippen molar-refractivity contribution in [3.8, 4) is 0 Å². The minimum Gasteiger partial charge on any atom is -0.477 e. The second-order valence-electron chi connectivity index (χ2n) is 16.5. The minimum absolute atomic E-state index is 0.0278. The van der Waals surface area contributed by atoms with Crippen molar-refractivity contribution in [3.05, 3.63) is 39.7 Å². The number of carbonyl (C=O) groups is 2. The average molecular weight is 636 g/mol. The number of carboxylic acids is 1. The number of fused-ring (bicyclic) bond motifs is 1. The molecule has 1 amide bonds. The topological polar surface area (TPSA) is 139 Å². The van der Waals surface area contributed by atoms with E-state index >= 15 is 0 Å². The van der Waals surface area contributed by atoms with Crippen LogP contribution in [-0.2, 0) is 4.74 Å². The number of pyridine rings is 1. The Morgan fingerprint density at radius 1 is 1.11 bits per heavy atom. The van der Waals surface area contributed by atoms with Crippen LogP contribution in [-0.4, -0.2) is 70.8 Å². The zero-order valence-corrected chi connectivity index (χ0v) is 27.2. The SMILES string of the molecule is CC(C)(C)OC(=O)NC12CCC3CC31CNC2.Cc1c(N2CC3(N)CCC4CC43C2)ccc2c(=O)c(C(=O)O)cn([C@@H]3C[C@@H]3F)c12. The number of nitrogens with zero attached hydrogens (tertiary/aromatic N) is 2. The Morgan fingerprint density at radius 2 is 1.80 bits per heavy atom. The van der Waals surface area contributed by atoms with Gasteiger partial charge in [0.05, 0.1) is 17.1 Å². The Bertz CT molecular complexity index is 1730. The number of aryl methyl sites for hydroxylation is 1. The van der Waals surface area contributed by atoms with Crippen LogP contribution in [0.5, 0.6) is 0 Å². The molecule has 5 aliphatic carbocycles. The molecule has 10 nitrogen and oxygen atoms in total. The molecule has 1 aromatic carbocycles. The summed E-state index contributed by atoms with van der Waals surface area (Å²) in [4.78, 5) is 38.6. The standard InChI is InChI=1S/C22H24FN3O3.C13H22N2O2/c1-11-16(25-9-21-7-12(21)4-5-22(21,24)10-25)3-2-13-18(11)26(17-6-15(17)23)8-14(19(13)27)20(28)29;1-11(2,3)17-10(16)15-13-5-4-9-6-12(9,13)7-14-8-13/h2-3,8,12,15,17H,4-7,9-10,24H2,1H3,(H,28,29);9,14H,4-8H2,1-3H3,(H,15,16)/t12?,15-,17+,21?,22?;/m0./s1. The predicted octanol–water partition coefficient (Wildman–Crippen LogP) is 4.26. The number of rotatable bonds is 4. The Kier molecular flexibility index (Phi) is 6.21. The van der Waals surface area contributed by atoms with Gasteiger partial charge in [-0.15, -0.1) is 0 Å². The van der Waals surface area contributed by atoms with E-state index in [1.165, 1.54) is 31.9 Å². The van der Waals surface area contributed by atoms with Gasteiger partial charge in [-0.1, -0.05) is 0 Å². The van der Waals surface area contributed by atoms with Crippen LogP contribution in [0.3, 0.4) is 0 Å². The molecule has 46 heavy (non-hydrogen) atoms. The van der Waals surface area contributed by atoms with Crippen molar-refractivity contribution in [2.75, 3.05) is 31.1 Å². The molecule has 11 heteroatoms. The summed E-state index contributed by atoms with van der Waals surface area (Å²) in [5.41, 5.74) is 8.53. The third kappa shape index (κ3) is 4.22. The first-order valence-corrected chi connectivity index (χ1v) is 16.9. The van der Waals surface area contributed by atoms with E-state index in [1.807, 2.05) is 33.8 Å². The van der Waals surface area contributed by atoms with E-state index in [0.717, 1.165) is 62.1 Å². The fraction of sp³-hybridized carbons (Fsp3) is 0.686. The average Bonchev–Trinajstić information content (AvgIpc) is 3.87. The lowest BCUT2D eigenvalue weighted by Gasteiger charge is -2.33. The molecule has 5 saturated carbocycles. The molecular formula is C35H46FN5O5. The molecule has 9 rings (SSSR count). The molecule has 1 aromatic heterocycles. The van der Waals surface area contributed by atoms with Crippen molar-refractivity contribution in [2.45, 2.75) is 102 Å². The summed E-state index contributed by atoms with van der Waals surface area (Å²) in [5, 5.41) is 16.4. The van der Waals surface area contributed by atoms with Crippen LogP contribution in [0.2, 0.25) is 0 Å². The summed E-state index contributed by atoms with van der Waals surface area (Å²) in [7, 11) is 0. The zero-order chi connectivity index (χ0) is 32.6.